The van der Waals surface area contributed by atoms with E-state index in [-0.39, 0.29) is 0 Å². The van der Waals surface area contributed by atoms with Crippen molar-refractivity contribution in [2.75, 3.05) is 40.1 Å². The van der Waals surface area contributed by atoms with Crippen LogP contribution in [-0.2, 0) is 20.8 Å². The van der Waals surface area contributed by atoms with Gasteiger partial charge in [0.2, 0.25) is 0 Å². The highest BCUT2D eigenvalue weighted by atomic mass is 19.2. The molecule has 0 amide bonds. The lowest BCUT2D eigenvalue weighted by molar-refractivity contribution is 0.0232. The SMILES string of the molecule is COCCOCCOCCn1cnc2cc(F)c(F)cc21. The van der Waals surface area contributed by atoms with Crippen molar-refractivity contribution in [2.24, 2.45) is 0 Å². The van der Waals surface area contributed by atoms with Crippen LogP contribution < -0.4 is 0 Å². The lowest BCUT2D eigenvalue weighted by Crippen LogP contribution is -2.11. The van der Waals surface area contributed by atoms with E-state index in [2.05, 4.69) is 4.98 Å². The van der Waals surface area contributed by atoms with Crippen LogP contribution in [0.25, 0.3) is 11.0 Å². The van der Waals surface area contributed by atoms with E-state index in [9.17, 15) is 8.78 Å². The van der Waals surface area contributed by atoms with Crippen molar-refractivity contribution in [3.8, 4) is 0 Å². The second kappa shape index (κ2) is 8.02. The molecule has 116 valence electrons. The van der Waals surface area contributed by atoms with Crippen LogP contribution in [0.15, 0.2) is 18.5 Å². The molecule has 0 aliphatic heterocycles. The minimum absolute atomic E-state index is 0.428. The van der Waals surface area contributed by atoms with Crippen molar-refractivity contribution < 1.29 is 23.0 Å². The molecule has 0 unspecified atom stereocenters. The Morgan fingerprint density at radius 1 is 1.00 bits per heavy atom. The first-order chi connectivity index (χ1) is 10.2. The van der Waals surface area contributed by atoms with Crippen molar-refractivity contribution >= 4 is 11.0 Å². The molecule has 1 heterocycles. The smallest absolute Gasteiger partial charge is 0.161 e. The van der Waals surface area contributed by atoms with E-state index in [0.29, 0.717) is 50.6 Å². The number of halogens is 2. The molecule has 1 aromatic heterocycles. The maximum Gasteiger partial charge on any atom is 0.161 e. The zero-order valence-corrected chi connectivity index (χ0v) is 11.8. The van der Waals surface area contributed by atoms with E-state index in [0.717, 1.165) is 12.1 Å². The summed E-state index contributed by atoms with van der Waals surface area (Å²) in [6, 6.07) is 2.23. The van der Waals surface area contributed by atoms with Gasteiger partial charge in [-0.2, -0.15) is 0 Å². The summed E-state index contributed by atoms with van der Waals surface area (Å²) in [5, 5.41) is 0. The van der Waals surface area contributed by atoms with Gasteiger partial charge >= 0.3 is 0 Å². The molecule has 0 fully saturated rings. The molecule has 0 radical (unpaired) electrons. The quantitative estimate of drug-likeness (QED) is 0.664. The monoisotopic (exact) mass is 300 g/mol. The van der Waals surface area contributed by atoms with Crippen LogP contribution in [0.4, 0.5) is 8.78 Å². The molecular weight excluding hydrogens is 282 g/mol. The van der Waals surface area contributed by atoms with Crippen molar-refractivity contribution in [2.45, 2.75) is 6.54 Å². The molecule has 0 atom stereocenters. The number of ether oxygens (including phenoxy) is 3. The third-order valence-corrected chi connectivity index (χ3v) is 2.94. The first-order valence-corrected chi connectivity index (χ1v) is 6.66. The number of hydrogen-bond acceptors (Lipinski definition) is 4. The standard InChI is InChI=1S/C14H18F2N2O3/c1-19-4-5-21-7-6-20-3-2-18-10-17-13-8-11(15)12(16)9-14(13)18/h8-10H,2-7H2,1H3. The molecule has 0 saturated heterocycles. The lowest BCUT2D eigenvalue weighted by Gasteiger charge is -2.07. The third-order valence-electron chi connectivity index (χ3n) is 2.94. The van der Waals surface area contributed by atoms with Crippen LogP contribution in [-0.4, -0.2) is 49.7 Å². The van der Waals surface area contributed by atoms with Crippen molar-refractivity contribution in [1.29, 1.82) is 0 Å². The van der Waals surface area contributed by atoms with Crippen molar-refractivity contribution in [1.82, 2.24) is 9.55 Å². The summed E-state index contributed by atoms with van der Waals surface area (Å²) in [5.74, 6) is -1.77. The molecular formula is C14H18F2N2O3. The number of benzene rings is 1. The molecule has 1 aromatic carbocycles. The van der Waals surface area contributed by atoms with Crippen LogP contribution in [0.5, 0.6) is 0 Å². The number of methoxy groups -OCH3 is 1. The fourth-order valence-electron chi connectivity index (χ4n) is 1.86. The summed E-state index contributed by atoms with van der Waals surface area (Å²) < 4.78 is 43.5. The summed E-state index contributed by atoms with van der Waals surface area (Å²) in [5.41, 5.74) is 0.977. The van der Waals surface area contributed by atoms with Gasteiger partial charge in [-0.05, 0) is 0 Å². The summed E-state index contributed by atoms with van der Waals surface area (Å²) in [4.78, 5) is 4.03. The predicted molar refractivity (Wildman–Crippen MR) is 73.2 cm³/mol. The molecule has 2 aromatic rings. The van der Waals surface area contributed by atoms with Gasteiger partial charge in [0.25, 0.3) is 0 Å². The highest BCUT2D eigenvalue weighted by Crippen LogP contribution is 2.17. The van der Waals surface area contributed by atoms with E-state index < -0.39 is 11.6 Å². The molecule has 0 N–H and O–H groups in total. The number of imidazole rings is 1. The Balaban J connectivity index is 1.75. The molecule has 0 saturated carbocycles. The number of hydrogen-bond donors (Lipinski definition) is 0. The van der Waals surface area contributed by atoms with Crippen LogP contribution in [0.2, 0.25) is 0 Å². The minimum Gasteiger partial charge on any atom is -0.382 e. The van der Waals surface area contributed by atoms with Crippen molar-refractivity contribution in [3.63, 3.8) is 0 Å². The topological polar surface area (TPSA) is 45.5 Å². The second-order valence-corrected chi connectivity index (χ2v) is 4.41. The predicted octanol–water partition coefficient (Wildman–Crippen LogP) is 1.99. The minimum atomic E-state index is -0.891. The third kappa shape index (κ3) is 4.45. The van der Waals surface area contributed by atoms with Gasteiger partial charge in [-0.3, -0.25) is 0 Å². The van der Waals surface area contributed by atoms with Gasteiger partial charge in [0.1, 0.15) is 0 Å². The Bertz CT molecular complexity index is 575. The van der Waals surface area contributed by atoms with Gasteiger partial charge in [0.15, 0.2) is 11.6 Å². The largest absolute Gasteiger partial charge is 0.382 e. The molecule has 5 nitrogen and oxygen atoms in total. The highest BCUT2D eigenvalue weighted by molar-refractivity contribution is 5.75. The number of fused-ring (bicyclic) bond motifs is 1. The van der Waals surface area contributed by atoms with Gasteiger partial charge in [-0.15, -0.1) is 0 Å². The zero-order chi connectivity index (χ0) is 15.1. The second-order valence-electron chi connectivity index (χ2n) is 4.41. The maximum atomic E-state index is 13.2. The van der Waals surface area contributed by atoms with E-state index in [1.54, 1.807) is 18.0 Å². The van der Waals surface area contributed by atoms with Gasteiger partial charge in [-0.25, -0.2) is 13.8 Å². The number of nitrogens with zero attached hydrogens (tertiary/aromatic N) is 2. The van der Waals surface area contributed by atoms with Gasteiger partial charge < -0.3 is 18.8 Å². The van der Waals surface area contributed by atoms with Gasteiger partial charge in [-0.1, -0.05) is 0 Å². The average molecular weight is 300 g/mol. The normalized spacial score (nSPS) is 11.4. The number of aromatic nitrogens is 2. The molecule has 0 aliphatic carbocycles. The molecule has 7 heteroatoms. The molecule has 0 bridgehead atoms. The first kappa shape index (κ1) is 15.8. The summed E-state index contributed by atoms with van der Waals surface area (Å²) in [6.45, 7) is 3.02. The van der Waals surface area contributed by atoms with Crippen LogP contribution in [0.3, 0.4) is 0 Å². The van der Waals surface area contributed by atoms with E-state index in [1.165, 1.54) is 0 Å². The Kier molecular flexibility index (Phi) is 6.04. The van der Waals surface area contributed by atoms with E-state index in [4.69, 9.17) is 14.2 Å². The summed E-state index contributed by atoms with van der Waals surface area (Å²) in [6.07, 6.45) is 1.54. The average Bonchev–Trinajstić information content (AvgIpc) is 2.85. The molecule has 0 aliphatic rings. The molecule has 0 spiro atoms. The lowest BCUT2D eigenvalue weighted by atomic mass is 10.3. The first-order valence-electron chi connectivity index (χ1n) is 6.66. The fourth-order valence-corrected chi connectivity index (χ4v) is 1.86. The summed E-state index contributed by atoms with van der Waals surface area (Å²) >= 11 is 0. The van der Waals surface area contributed by atoms with Gasteiger partial charge in [0.05, 0.1) is 50.4 Å². The Morgan fingerprint density at radius 3 is 2.43 bits per heavy atom. The molecule has 2 rings (SSSR count). The number of rotatable bonds is 9. The molecule has 21 heavy (non-hydrogen) atoms. The fraction of sp³-hybridized carbons (Fsp3) is 0.500. The Labute approximate surface area is 121 Å². The Morgan fingerprint density at radius 2 is 1.67 bits per heavy atom. The maximum absolute atomic E-state index is 13.2. The highest BCUT2D eigenvalue weighted by Gasteiger charge is 2.08. The summed E-state index contributed by atoms with van der Waals surface area (Å²) in [7, 11) is 1.62. The zero-order valence-electron chi connectivity index (χ0n) is 11.8. The van der Waals surface area contributed by atoms with Crippen LogP contribution in [0, 0.1) is 11.6 Å². The van der Waals surface area contributed by atoms with Crippen LogP contribution >= 0.6 is 0 Å². The van der Waals surface area contributed by atoms with E-state index >= 15 is 0 Å². The van der Waals surface area contributed by atoms with E-state index in [1.807, 2.05) is 0 Å². The Hall–Kier alpha value is -1.57. The van der Waals surface area contributed by atoms with Crippen molar-refractivity contribution in [3.05, 3.63) is 30.1 Å². The van der Waals surface area contributed by atoms with Gasteiger partial charge in [0, 0.05) is 25.8 Å². The van der Waals surface area contributed by atoms with Crippen LogP contribution in [0.1, 0.15) is 0 Å².